The average Bonchev–Trinajstić information content (AvgIpc) is 2.93. The van der Waals surface area contributed by atoms with Gasteiger partial charge in [-0.3, -0.25) is 0 Å². The highest BCUT2D eigenvalue weighted by molar-refractivity contribution is 9.10. The Morgan fingerprint density at radius 2 is 1.83 bits per heavy atom. The van der Waals surface area contributed by atoms with Gasteiger partial charge in [-0.1, -0.05) is 28.1 Å². The van der Waals surface area contributed by atoms with Crippen LogP contribution in [0.3, 0.4) is 0 Å². The monoisotopic (exact) mass is 230 g/mol. The lowest BCUT2D eigenvalue weighted by Gasteiger charge is -1.93. The zero-order chi connectivity index (χ0) is 8.97. The van der Waals surface area contributed by atoms with Gasteiger partial charge in [0.2, 0.25) is 0 Å². The van der Waals surface area contributed by atoms with Crippen LogP contribution in [0.2, 0.25) is 0 Å². The van der Waals surface area contributed by atoms with E-state index in [4.69, 9.17) is 9.84 Å². The molecule has 1 aliphatic rings. The molecule has 1 aromatic carbocycles. The number of ether oxygens (including phenoxy) is 1. The van der Waals surface area contributed by atoms with Gasteiger partial charge in [0, 0.05) is 11.6 Å². The van der Waals surface area contributed by atoms with Crippen LogP contribution in [0.4, 0.5) is 0 Å². The summed E-state index contributed by atoms with van der Waals surface area (Å²) in [5.74, 6) is 0. The second-order valence-corrected chi connectivity index (χ2v) is 3.29. The first-order valence-electron chi connectivity index (χ1n) is 3.68. The van der Waals surface area contributed by atoms with Crippen LogP contribution in [-0.2, 0) is 4.74 Å². The molecule has 1 aliphatic heterocycles. The predicted octanol–water partition coefficient (Wildman–Crippen LogP) is 2.13. The summed E-state index contributed by atoms with van der Waals surface area (Å²) in [6, 6.07) is 8.25. The van der Waals surface area contributed by atoms with Crippen LogP contribution in [-0.4, -0.2) is 18.8 Å². The summed E-state index contributed by atoms with van der Waals surface area (Å²) in [5, 5.41) is 7.00. The lowest BCUT2D eigenvalue weighted by Crippen LogP contribution is -1.77. The molecule has 3 heteroatoms. The molecule has 12 heavy (non-hydrogen) atoms. The molecule has 2 rings (SSSR count). The zero-order valence-electron chi connectivity index (χ0n) is 6.83. The van der Waals surface area contributed by atoms with Crippen LogP contribution >= 0.6 is 15.9 Å². The fraction of sp³-hybridized carbons (Fsp3) is 0.333. The van der Waals surface area contributed by atoms with Crippen LogP contribution < -0.4 is 0 Å². The summed E-state index contributed by atoms with van der Waals surface area (Å²) in [4.78, 5) is 0. The molecule has 0 aliphatic carbocycles. The molecule has 1 heterocycles. The van der Waals surface area contributed by atoms with E-state index in [9.17, 15) is 0 Å². The van der Waals surface area contributed by atoms with Gasteiger partial charge in [0.1, 0.15) is 6.10 Å². The van der Waals surface area contributed by atoms with Crippen LogP contribution in [0, 0.1) is 0 Å². The smallest absolute Gasteiger partial charge is 0.106 e. The summed E-state index contributed by atoms with van der Waals surface area (Å²) < 4.78 is 6.24. The number of hydrogen-bond donors (Lipinski definition) is 1. The van der Waals surface area contributed by atoms with Gasteiger partial charge in [0.15, 0.2) is 0 Å². The van der Waals surface area contributed by atoms with Crippen molar-refractivity contribution in [3.8, 4) is 0 Å². The van der Waals surface area contributed by atoms with Crippen molar-refractivity contribution in [2.24, 2.45) is 0 Å². The number of hydrogen-bond acceptors (Lipinski definition) is 2. The summed E-state index contributed by atoms with van der Waals surface area (Å²) in [5.41, 5.74) is 1.28. The van der Waals surface area contributed by atoms with E-state index >= 15 is 0 Å². The quantitative estimate of drug-likeness (QED) is 0.751. The number of rotatable bonds is 1. The van der Waals surface area contributed by atoms with E-state index in [0.29, 0.717) is 6.10 Å². The first kappa shape index (κ1) is 9.71. The molecule has 0 saturated carbocycles. The molecule has 0 amide bonds. The maximum atomic E-state index is 7.00. The van der Waals surface area contributed by atoms with Crippen molar-refractivity contribution < 1.29 is 9.84 Å². The SMILES string of the molecule is Brc1ccc(C2CO2)cc1.CO. The van der Waals surface area contributed by atoms with Crippen molar-refractivity contribution in [1.82, 2.24) is 0 Å². The molecular formula is C9H11BrO2. The van der Waals surface area contributed by atoms with E-state index < -0.39 is 0 Å². The third kappa shape index (κ3) is 2.59. The number of halogens is 1. The summed E-state index contributed by atoms with van der Waals surface area (Å²) in [6.45, 7) is 0.891. The van der Waals surface area contributed by atoms with E-state index in [1.165, 1.54) is 5.56 Å². The molecule has 1 fully saturated rings. The van der Waals surface area contributed by atoms with E-state index in [1.54, 1.807) is 0 Å². The van der Waals surface area contributed by atoms with Crippen molar-refractivity contribution >= 4 is 15.9 Å². The van der Waals surface area contributed by atoms with Crippen molar-refractivity contribution in [2.45, 2.75) is 6.10 Å². The second kappa shape index (κ2) is 4.60. The van der Waals surface area contributed by atoms with E-state index in [0.717, 1.165) is 18.2 Å². The lowest BCUT2D eigenvalue weighted by atomic mass is 10.2. The highest BCUT2D eigenvalue weighted by atomic mass is 79.9. The van der Waals surface area contributed by atoms with Gasteiger partial charge in [0.05, 0.1) is 6.61 Å². The Balaban J connectivity index is 0.000000336. The minimum absolute atomic E-state index is 0.382. The Morgan fingerprint density at radius 1 is 1.33 bits per heavy atom. The van der Waals surface area contributed by atoms with E-state index in [-0.39, 0.29) is 0 Å². The minimum atomic E-state index is 0.382. The highest BCUT2D eigenvalue weighted by Crippen LogP contribution is 2.29. The first-order valence-corrected chi connectivity index (χ1v) is 4.47. The maximum absolute atomic E-state index is 7.00. The van der Waals surface area contributed by atoms with Crippen LogP contribution in [0.5, 0.6) is 0 Å². The first-order chi connectivity index (χ1) is 5.86. The molecule has 0 radical (unpaired) electrons. The van der Waals surface area contributed by atoms with Crippen LogP contribution in [0.1, 0.15) is 11.7 Å². The molecule has 1 saturated heterocycles. The van der Waals surface area contributed by atoms with Crippen molar-refractivity contribution in [1.29, 1.82) is 0 Å². The molecule has 1 N–H and O–H groups in total. The van der Waals surface area contributed by atoms with Gasteiger partial charge in [-0.2, -0.15) is 0 Å². The van der Waals surface area contributed by atoms with E-state index in [1.807, 2.05) is 12.1 Å². The average molecular weight is 231 g/mol. The van der Waals surface area contributed by atoms with Gasteiger partial charge in [-0.05, 0) is 17.7 Å². The standard InChI is InChI=1S/C8H7BrO.CH4O/c9-7-3-1-6(2-4-7)8-5-10-8;1-2/h1-4,8H,5H2;2H,1H3. The maximum Gasteiger partial charge on any atom is 0.106 e. The Bertz CT molecular complexity index is 229. The minimum Gasteiger partial charge on any atom is -0.400 e. The Labute approximate surface area is 80.3 Å². The molecule has 0 bridgehead atoms. The largest absolute Gasteiger partial charge is 0.400 e. The summed E-state index contributed by atoms with van der Waals surface area (Å²) in [6.07, 6.45) is 0.382. The Morgan fingerprint density at radius 3 is 2.25 bits per heavy atom. The third-order valence-corrected chi connectivity index (χ3v) is 2.10. The zero-order valence-corrected chi connectivity index (χ0v) is 8.41. The molecule has 1 atom stereocenters. The van der Waals surface area contributed by atoms with Gasteiger partial charge >= 0.3 is 0 Å². The molecule has 66 valence electrons. The number of aliphatic hydroxyl groups excluding tert-OH is 1. The molecule has 1 aromatic rings. The molecule has 0 aromatic heterocycles. The highest BCUT2D eigenvalue weighted by Gasteiger charge is 2.23. The lowest BCUT2D eigenvalue weighted by molar-refractivity contribution is 0.399. The van der Waals surface area contributed by atoms with Crippen molar-refractivity contribution in [3.05, 3.63) is 34.3 Å². The number of aliphatic hydroxyl groups is 1. The fourth-order valence-corrected chi connectivity index (χ4v) is 1.18. The number of epoxide rings is 1. The second-order valence-electron chi connectivity index (χ2n) is 2.37. The van der Waals surface area contributed by atoms with Gasteiger partial charge in [0.25, 0.3) is 0 Å². The molecule has 0 spiro atoms. The topological polar surface area (TPSA) is 32.8 Å². The number of benzene rings is 1. The molecule has 1 unspecified atom stereocenters. The molecule has 2 nitrogen and oxygen atoms in total. The van der Waals surface area contributed by atoms with Gasteiger partial charge in [-0.15, -0.1) is 0 Å². The van der Waals surface area contributed by atoms with Gasteiger partial charge in [-0.25, -0.2) is 0 Å². The fourth-order valence-electron chi connectivity index (χ4n) is 0.918. The summed E-state index contributed by atoms with van der Waals surface area (Å²) in [7, 11) is 1.00. The molecular weight excluding hydrogens is 220 g/mol. The van der Waals surface area contributed by atoms with Gasteiger partial charge < -0.3 is 9.84 Å². The normalized spacial score (nSPS) is 19.4. The third-order valence-electron chi connectivity index (χ3n) is 1.58. The summed E-state index contributed by atoms with van der Waals surface area (Å²) >= 11 is 3.37. The van der Waals surface area contributed by atoms with Crippen LogP contribution in [0.15, 0.2) is 28.7 Å². The van der Waals surface area contributed by atoms with Crippen molar-refractivity contribution in [3.63, 3.8) is 0 Å². The van der Waals surface area contributed by atoms with Crippen molar-refractivity contribution in [2.75, 3.05) is 13.7 Å². The Kier molecular flexibility index (Phi) is 3.72. The Hall–Kier alpha value is -0.380. The van der Waals surface area contributed by atoms with Crippen LogP contribution in [0.25, 0.3) is 0 Å². The predicted molar refractivity (Wildman–Crippen MR) is 51.0 cm³/mol. The van der Waals surface area contributed by atoms with E-state index in [2.05, 4.69) is 28.1 Å².